The van der Waals surface area contributed by atoms with Crippen LogP contribution in [0.25, 0.3) is 0 Å². The first kappa shape index (κ1) is 13.1. The van der Waals surface area contributed by atoms with Gasteiger partial charge in [0.2, 0.25) is 0 Å². The number of hydrogen-bond acceptors (Lipinski definition) is 5. The fraction of sp³-hybridized carbons (Fsp3) is 0. The average molecular weight is 209 g/mol. The van der Waals surface area contributed by atoms with E-state index in [0.717, 1.165) is 12.1 Å². The molecule has 0 radical (unpaired) electrons. The molecule has 1 aromatic carbocycles. The molecule has 0 aliphatic heterocycles. The van der Waals surface area contributed by atoms with Crippen molar-refractivity contribution < 1.29 is 36.8 Å². The van der Waals surface area contributed by atoms with Gasteiger partial charge < -0.3 is 4.55 Å². The smallest absolute Gasteiger partial charge is 0.744 e. The molecule has 0 amide bonds. The van der Waals surface area contributed by atoms with E-state index in [1.807, 2.05) is 0 Å². The minimum atomic E-state index is -4.77. The molecular weight excluding hydrogens is 205 g/mol. The Morgan fingerprint density at radius 1 is 1.21 bits per heavy atom. The van der Waals surface area contributed by atoms with Crippen molar-refractivity contribution in [2.75, 3.05) is 0 Å². The molecule has 0 saturated heterocycles. The Bertz CT molecular complexity index is 443. The molecule has 0 bridgehead atoms. The first-order valence-corrected chi connectivity index (χ1v) is 4.53. The maximum Gasteiger partial charge on any atom is 1.00 e. The van der Waals surface area contributed by atoms with Gasteiger partial charge in [0.05, 0.1) is 4.92 Å². The van der Waals surface area contributed by atoms with E-state index in [1.165, 1.54) is 12.1 Å². The van der Waals surface area contributed by atoms with Gasteiger partial charge in [0.25, 0.3) is 5.69 Å². The van der Waals surface area contributed by atoms with Crippen LogP contribution in [0.3, 0.4) is 0 Å². The maximum atomic E-state index is 10.5. The van der Waals surface area contributed by atoms with E-state index in [9.17, 15) is 23.1 Å². The summed E-state index contributed by atoms with van der Waals surface area (Å²) in [5.41, 5.74) is -0.697. The fourth-order valence-electron chi connectivity index (χ4n) is 0.819. The predicted molar refractivity (Wildman–Crippen MR) is 41.1 cm³/mol. The Morgan fingerprint density at radius 2 is 1.71 bits per heavy atom. The molecular formula is C6H4LiNO5S. The molecule has 14 heavy (non-hydrogen) atoms. The van der Waals surface area contributed by atoms with Crippen LogP contribution in [0.2, 0.25) is 0 Å². The summed E-state index contributed by atoms with van der Waals surface area (Å²) in [6.45, 7) is 0. The topological polar surface area (TPSA) is 100 Å². The standard InChI is InChI=1S/C6H5NO5S.Li/c8-7(9)5-3-1-2-4-6(5)13(10,11)12;/h1-4H,(H,10,11,12);/q;+1/p-1. The molecule has 0 N–H and O–H groups in total. The van der Waals surface area contributed by atoms with Gasteiger partial charge in [-0.15, -0.1) is 0 Å². The van der Waals surface area contributed by atoms with Crippen LogP contribution in [-0.4, -0.2) is 17.9 Å². The van der Waals surface area contributed by atoms with Gasteiger partial charge in [-0.2, -0.15) is 0 Å². The summed E-state index contributed by atoms with van der Waals surface area (Å²) in [5.74, 6) is 0. The third kappa shape index (κ3) is 2.82. The van der Waals surface area contributed by atoms with Gasteiger partial charge in [0.1, 0.15) is 15.0 Å². The van der Waals surface area contributed by atoms with E-state index < -0.39 is 25.6 Å². The van der Waals surface area contributed by atoms with E-state index >= 15 is 0 Å². The summed E-state index contributed by atoms with van der Waals surface area (Å²) in [4.78, 5) is 8.55. The molecule has 70 valence electrons. The molecule has 0 aliphatic rings. The summed E-state index contributed by atoms with van der Waals surface area (Å²) < 4.78 is 31.5. The molecule has 8 heteroatoms. The number of nitro groups is 1. The zero-order valence-corrected chi connectivity index (χ0v) is 8.02. The third-order valence-corrected chi connectivity index (χ3v) is 2.22. The number of nitro benzene ring substituents is 1. The molecule has 0 unspecified atom stereocenters. The van der Waals surface area contributed by atoms with Crippen LogP contribution in [0.5, 0.6) is 0 Å². The molecule has 0 heterocycles. The van der Waals surface area contributed by atoms with Crippen LogP contribution in [0, 0.1) is 10.1 Å². The van der Waals surface area contributed by atoms with Crippen molar-refractivity contribution in [2.45, 2.75) is 4.90 Å². The van der Waals surface area contributed by atoms with Gasteiger partial charge in [-0.25, -0.2) is 8.42 Å². The first-order valence-electron chi connectivity index (χ1n) is 3.12. The van der Waals surface area contributed by atoms with Gasteiger partial charge in [0.15, 0.2) is 0 Å². The minimum absolute atomic E-state index is 0. The molecule has 1 aromatic rings. The van der Waals surface area contributed by atoms with Crippen molar-refractivity contribution in [2.24, 2.45) is 0 Å². The zero-order chi connectivity index (χ0) is 10.1. The fourth-order valence-corrected chi connectivity index (χ4v) is 1.46. The Hall–Kier alpha value is -0.873. The van der Waals surface area contributed by atoms with Crippen molar-refractivity contribution in [3.63, 3.8) is 0 Å². The van der Waals surface area contributed by atoms with Crippen LogP contribution in [0.4, 0.5) is 5.69 Å². The molecule has 0 aromatic heterocycles. The molecule has 1 rings (SSSR count). The second kappa shape index (κ2) is 4.57. The molecule has 0 saturated carbocycles. The summed E-state index contributed by atoms with van der Waals surface area (Å²) in [6, 6.07) is 4.40. The van der Waals surface area contributed by atoms with E-state index in [0.29, 0.717) is 0 Å². The molecule has 0 aliphatic carbocycles. The second-order valence-electron chi connectivity index (χ2n) is 2.18. The zero-order valence-electron chi connectivity index (χ0n) is 7.21. The summed E-state index contributed by atoms with van der Waals surface area (Å²) in [7, 11) is -4.77. The SMILES string of the molecule is O=[N+]([O-])c1ccccc1S(=O)(=O)[O-].[Li+]. The van der Waals surface area contributed by atoms with Crippen LogP contribution in [0.15, 0.2) is 29.2 Å². The summed E-state index contributed by atoms with van der Waals surface area (Å²) >= 11 is 0. The Balaban J connectivity index is 0.00000169. The number of hydrogen-bond donors (Lipinski definition) is 0. The largest absolute Gasteiger partial charge is 1.00 e. The number of para-hydroxylation sites is 1. The van der Waals surface area contributed by atoms with E-state index in [2.05, 4.69) is 0 Å². The van der Waals surface area contributed by atoms with Gasteiger partial charge in [-0.05, 0) is 6.07 Å². The van der Waals surface area contributed by atoms with Crippen molar-refractivity contribution in [1.82, 2.24) is 0 Å². The average Bonchev–Trinajstić information content (AvgIpc) is 2.03. The Kier molecular flexibility index (Phi) is 4.28. The van der Waals surface area contributed by atoms with Crippen LogP contribution in [-0.2, 0) is 10.1 Å². The van der Waals surface area contributed by atoms with Gasteiger partial charge in [-0.3, -0.25) is 10.1 Å². The third-order valence-electron chi connectivity index (χ3n) is 1.33. The van der Waals surface area contributed by atoms with Crippen LogP contribution in [0.1, 0.15) is 0 Å². The van der Waals surface area contributed by atoms with Crippen molar-refractivity contribution in [3.05, 3.63) is 34.4 Å². The maximum absolute atomic E-state index is 10.5. The van der Waals surface area contributed by atoms with Gasteiger partial charge in [-0.1, -0.05) is 12.1 Å². The summed E-state index contributed by atoms with van der Waals surface area (Å²) in [5, 5.41) is 10.3. The number of nitrogens with zero attached hydrogens (tertiary/aromatic N) is 1. The van der Waals surface area contributed by atoms with Crippen LogP contribution < -0.4 is 18.9 Å². The first-order chi connectivity index (χ1) is 5.93. The van der Waals surface area contributed by atoms with Crippen LogP contribution >= 0.6 is 0 Å². The molecule has 6 nitrogen and oxygen atoms in total. The van der Waals surface area contributed by atoms with Crippen molar-refractivity contribution in [1.29, 1.82) is 0 Å². The van der Waals surface area contributed by atoms with E-state index in [-0.39, 0.29) is 18.9 Å². The molecule has 0 fully saturated rings. The van der Waals surface area contributed by atoms with Gasteiger partial charge in [0, 0.05) is 6.07 Å². The Labute approximate surface area is 92.0 Å². The number of benzene rings is 1. The summed E-state index contributed by atoms with van der Waals surface area (Å²) in [6.07, 6.45) is 0. The molecule has 0 spiro atoms. The van der Waals surface area contributed by atoms with E-state index in [1.54, 1.807) is 0 Å². The molecule has 0 atom stereocenters. The minimum Gasteiger partial charge on any atom is -0.744 e. The van der Waals surface area contributed by atoms with E-state index in [4.69, 9.17) is 0 Å². The quantitative estimate of drug-likeness (QED) is 0.232. The second-order valence-corrected chi connectivity index (χ2v) is 3.53. The monoisotopic (exact) mass is 209 g/mol. The predicted octanol–water partition coefficient (Wildman–Crippen LogP) is -2.50. The normalized spacial score (nSPS) is 10.4. The van der Waals surface area contributed by atoms with Crippen molar-refractivity contribution >= 4 is 15.8 Å². The number of rotatable bonds is 2. The Morgan fingerprint density at radius 3 is 2.07 bits per heavy atom. The van der Waals surface area contributed by atoms with Gasteiger partial charge >= 0.3 is 18.9 Å². The van der Waals surface area contributed by atoms with Crippen molar-refractivity contribution in [3.8, 4) is 0 Å².